The van der Waals surface area contributed by atoms with E-state index in [0.29, 0.717) is 11.4 Å². The summed E-state index contributed by atoms with van der Waals surface area (Å²) in [4.78, 5) is 38.6. The van der Waals surface area contributed by atoms with E-state index in [1.807, 2.05) is 74.5 Å². The van der Waals surface area contributed by atoms with Crippen LogP contribution in [0.3, 0.4) is 0 Å². The van der Waals surface area contributed by atoms with Crippen LogP contribution in [0, 0.1) is 6.92 Å². The van der Waals surface area contributed by atoms with Crippen molar-refractivity contribution in [2.24, 2.45) is 0 Å². The fourth-order valence-electron chi connectivity index (χ4n) is 3.99. The van der Waals surface area contributed by atoms with Crippen LogP contribution >= 0.6 is 0 Å². The fourth-order valence-corrected chi connectivity index (χ4v) is 3.99. The van der Waals surface area contributed by atoms with Gasteiger partial charge in [-0.25, -0.2) is 5.01 Å². The molecule has 34 heavy (non-hydrogen) atoms. The second kappa shape index (κ2) is 9.79. The van der Waals surface area contributed by atoms with E-state index in [-0.39, 0.29) is 12.5 Å². The molecule has 1 unspecified atom stereocenters. The number of carbonyl (C=O) groups excluding carboxylic acids is 3. The molecule has 0 spiro atoms. The highest BCUT2D eigenvalue weighted by molar-refractivity contribution is 6.06. The summed E-state index contributed by atoms with van der Waals surface area (Å²) in [6, 6.07) is 21.6. The average Bonchev–Trinajstić information content (AvgIpc) is 2.92. The Bertz CT molecular complexity index is 1240. The van der Waals surface area contributed by atoms with Crippen LogP contribution < -0.4 is 20.5 Å². The third-order valence-electron chi connectivity index (χ3n) is 5.81. The quantitative estimate of drug-likeness (QED) is 0.591. The Morgan fingerprint density at radius 3 is 2.47 bits per heavy atom. The van der Waals surface area contributed by atoms with E-state index in [0.717, 1.165) is 22.3 Å². The lowest BCUT2D eigenvalue weighted by atomic mass is 9.92. The molecule has 2 N–H and O–H groups in total. The number of fused-ring (bicyclic) bond motifs is 3. The third kappa shape index (κ3) is 4.78. The smallest absolute Gasteiger partial charge is 0.261 e. The second-order valence-corrected chi connectivity index (χ2v) is 8.37. The molecule has 1 aliphatic rings. The van der Waals surface area contributed by atoms with Gasteiger partial charge in [-0.2, -0.15) is 0 Å². The van der Waals surface area contributed by atoms with Crippen molar-refractivity contribution in [1.29, 1.82) is 0 Å². The molecule has 174 valence electrons. The van der Waals surface area contributed by atoms with Crippen LogP contribution in [0.15, 0.2) is 72.8 Å². The number of ether oxygens (including phenoxy) is 1. The molecule has 1 heterocycles. The first-order chi connectivity index (χ1) is 16.3. The molecule has 0 aromatic heterocycles. The fraction of sp³-hybridized carbons (Fsp3) is 0.222. The largest absolute Gasteiger partial charge is 0.484 e. The number of anilines is 1. The third-order valence-corrected chi connectivity index (χ3v) is 5.81. The minimum atomic E-state index is -0.880. The maximum atomic E-state index is 13.3. The molecule has 0 saturated carbocycles. The van der Waals surface area contributed by atoms with E-state index in [4.69, 9.17) is 4.74 Å². The molecule has 4 rings (SSSR count). The maximum Gasteiger partial charge on any atom is 0.261 e. The molecule has 1 aliphatic heterocycles. The SMILES string of the molecule is Cc1cccc(OCC(=O)N[C@@H](C)C(=O)NN2C(=O)C(C)c3ccccc3-c3ccccc32)c1. The van der Waals surface area contributed by atoms with Crippen molar-refractivity contribution in [1.82, 2.24) is 10.7 Å². The Hall–Kier alpha value is -4.13. The van der Waals surface area contributed by atoms with Crippen LogP contribution in [0.5, 0.6) is 5.75 Å². The predicted octanol–water partition coefficient (Wildman–Crippen LogP) is 3.73. The lowest BCUT2D eigenvalue weighted by molar-refractivity contribution is -0.131. The van der Waals surface area contributed by atoms with Gasteiger partial charge in [0.1, 0.15) is 11.8 Å². The van der Waals surface area contributed by atoms with Crippen LogP contribution in [-0.4, -0.2) is 30.4 Å². The molecular weight excluding hydrogens is 430 g/mol. The second-order valence-electron chi connectivity index (χ2n) is 8.37. The van der Waals surface area contributed by atoms with E-state index in [1.54, 1.807) is 19.1 Å². The van der Waals surface area contributed by atoms with Crippen molar-refractivity contribution < 1.29 is 19.1 Å². The summed E-state index contributed by atoms with van der Waals surface area (Å²) in [5, 5.41) is 3.91. The van der Waals surface area contributed by atoms with Gasteiger partial charge in [0, 0.05) is 5.56 Å². The van der Waals surface area contributed by atoms with Crippen LogP contribution in [0.4, 0.5) is 5.69 Å². The Balaban J connectivity index is 1.46. The molecule has 3 aromatic rings. The summed E-state index contributed by atoms with van der Waals surface area (Å²) in [7, 11) is 0. The van der Waals surface area contributed by atoms with Crippen molar-refractivity contribution in [3.63, 3.8) is 0 Å². The molecular formula is C27H27N3O4. The number of amides is 3. The highest BCUT2D eigenvalue weighted by Gasteiger charge is 2.33. The molecule has 0 saturated heterocycles. The van der Waals surface area contributed by atoms with Gasteiger partial charge in [-0.05, 0) is 55.7 Å². The van der Waals surface area contributed by atoms with Gasteiger partial charge < -0.3 is 10.1 Å². The number of nitrogens with one attached hydrogen (secondary N) is 2. The van der Waals surface area contributed by atoms with Gasteiger partial charge >= 0.3 is 0 Å². The standard InChI is InChI=1S/C27H27N3O4/c1-17-9-8-10-20(15-17)34-16-25(31)28-19(3)26(32)29-30-24-14-7-6-13-23(24)22-12-5-4-11-21(22)18(2)27(30)33/h4-15,18-19H,16H2,1-3H3,(H,28,31)(H,29,32)/t18?,19-/m0/s1. The van der Waals surface area contributed by atoms with Gasteiger partial charge in [0.25, 0.3) is 17.7 Å². The monoisotopic (exact) mass is 457 g/mol. The molecule has 0 aliphatic carbocycles. The van der Waals surface area contributed by atoms with E-state index in [1.165, 1.54) is 5.01 Å². The summed E-state index contributed by atoms with van der Waals surface area (Å²) < 4.78 is 5.50. The number of aryl methyl sites for hydroxylation is 1. The Kier molecular flexibility index (Phi) is 6.63. The zero-order chi connectivity index (χ0) is 24.2. The summed E-state index contributed by atoms with van der Waals surface area (Å²) in [6.45, 7) is 5.09. The first kappa shape index (κ1) is 23.0. The number of hydrazine groups is 1. The average molecular weight is 458 g/mol. The van der Waals surface area contributed by atoms with Crippen LogP contribution in [0.25, 0.3) is 11.1 Å². The van der Waals surface area contributed by atoms with E-state index >= 15 is 0 Å². The van der Waals surface area contributed by atoms with Crippen LogP contribution in [0.2, 0.25) is 0 Å². The zero-order valence-corrected chi connectivity index (χ0v) is 19.4. The molecule has 0 radical (unpaired) electrons. The van der Waals surface area contributed by atoms with Gasteiger partial charge in [0.15, 0.2) is 6.61 Å². The Morgan fingerprint density at radius 1 is 1.00 bits per heavy atom. The number of para-hydroxylation sites is 1. The highest BCUT2D eigenvalue weighted by Crippen LogP contribution is 2.39. The van der Waals surface area contributed by atoms with E-state index in [9.17, 15) is 14.4 Å². The number of benzene rings is 3. The van der Waals surface area contributed by atoms with Crippen LogP contribution in [-0.2, 0) is 14.4 Å². The van der Waals surface area contributed by atoms with Gasteiger partial charge in [-0.1, -0.05) is 54.6 Å². The number of hydrogen-bond donors (Lipinski definition) is 2. The zero-order valence-electron chi connectivity index (χ0n) is 19.4. The minimum Gasteiger partial charge on any atom is -0.484 e. The van der Waals surface area contributed by atoms with Gasteiger partial charge in [0.2, 0.25) is 0 Å². The van der Waals surface area contributed by atoms with Crippen molar-refractivity contribution >= 4 is 23.4 Å². The summed E-state index contributed by atoms with van der Waals surface area (Å²) in [6.07, 6.45) is 0. The molecule has 2 atom stereocenters. The topological polar surface area (TPSA) is 87.7 Å². The minimum absolute atomic E-state index is 0.223. The number of nitrogens with zero attached hydrogens (tertiary/aromatic N) is 1. The predicted molar refractivity (Wildman–Crippen MR) is 130 cm³/mol. The normalized spacial score (nSPS) is 15.4. The number of rotatable bonds is 6. The summed E-state index contributed by atoms with van der Waals surface area (Å²) in [5.41, 5.74) is 7.00. The molecule has 3 amide bonds. The number of hydrogen-bond acceptors (Lipinski definition) is 4. The van der Waals surface area contributed by atoms with E-state index in [2.05, 4.69) is 10.7 Å². The van der Waals surface area contributed by atoms with E-state index < -0.39 is 23.8 Å². The van der Waals surface area contributed by atoms with Crippen molar-refractivity contribution in [2.75, 3.05) is 11.6 Å². The molecule has 0 bridgehead atoms. The lowest BCUT2D eigenvalue weighted by Gasteiger charge is -2.27. The maximum absolute atomic E-state index is 13.3. The molecule has 3 aromatic carbocycles. The Labute approximate surface area is 198 Å². The van der Waals surface area contributed by atoms with Crippen molar-refractivity contribution in [2.45, 2.75) is 32.7 Å². The van der Waals surface area contributed by atoms with Gasteiger partial charge in [-0.3, -0.25) is 19.8 Å². The van der Waals surface area contributed by atoms with Gasteiger partial charge in [-0.15, -0.1) is 0 Å². The first-order valence-electron chi connectivity index (χ1n) is 11.2. The molecule has 7 heteroatoms. The lowest BCUT2D eigenvalue weighted by Crippen LogP contribution is -2.54. The summed E-state index contributed by atoms with van der Waals surface area (Å²) >= 11 is 0. The molecule has 7 nitrogen and oxygen atoms in total. The van der Waals surface area contributed by atoms with Crippen molar-refractivity contribution in [3.8, 4) is 16.9 Å². The first-order valence-corrected chi connectivity index (χ1v) is 11.2. The van der Waals surface area contributed by atoms with Crippen LogP contribution in [0.1, 0.15) is 30.9 Å². The van der Waals surface area contributed by atoms with Crippen molar-refractivity contribution in [3.05, 3.63) is 83.9 Å². The number of carbonyl (C=O) groups is 3. The Morgan fingerprint density at radius 2 is 1.71 bits per heavy atom. The van der Waals surface area contributed by atoms with Gasteiger partial charge in [0.05, 0.1) is 11.6 Å². The summed E-state index contributed by atoms with van der Waals surface area (Å²) in [5.74, 6) is -1.09. The highest BCUT2D eigenvalue weighted by atomic mass is 16.5. The molecule has 0 fully saturated rings.